The molecule has 0 unspecified atom stereocenters. The number of hydrogen-bond donors (Lipinski definition) is 1. The Morgan fingerprint density at radius 3 is 2.78 bits per heavy atom. The highest BCUT2D eigenvalue weighted by atomic mass is 16.5. The van der Waals surface area contributed by atoms with Crippen LogP contribution < -0.4 is 10.5 Å². The molecule has 0 saturated heterocycles. The minimum atomic E-state index is 0.437. The maximum Gasteiger partial charge on any atom is 0.130 e. The first kappa shape index (κ1) is 12.4. The largest absolute Gasteiger partial charge is 0.487 e. The van der Waals surface area contributed by atoms with Crippen molar-refractivity contribution in [1.82, 2.24) is 4.98 Å². The Bertz CT molecular complexity index is 523. The van der Waals surface area contributed by atoms with Crippen LogP contribution in [0.3, 0.4) is 0 Å². The molecule has 94 valence electrons. The van der Waals surface area contributed by atoms with Crippen molar-refractivity contribution in [3.63, 3.8) is 0 Å². The summed E-state index contributed by atoms with van der Waals surface area (Å²) in [6, 6.07) is 11.7. The second kappa shape index (κ2) is 5.54. The molecule has 1 heterocycles. The lowest BCUT2D eigenvalue weighted by Crippen LogP contribution is -1.99. The van der Waals surface area contributed by atoms with Gasteiger partial charge in [-0.05, 0) is 35.7 Å². The van der Waals surface area contributed by atoms with Crippen molar-refractivity contribution in [2.24, 2.45) is 0 Å². The third-order valence-electron chi connectivity index (χ3n) is 2.75. The Balaban J connectivity index is 2.04. The summed E-state index contributed by atoms with van der Waals surface area (Å²) in [6.07, 6.45) is 1.69. The molecule has 3 heteroatoms. The number of ether oxygens (including phenoxy) is 1. The summed E-state index contributed by atoms with van der Waals surface area (Å²) in [5.74, 6) is 1.37. The zero-order chi connectivity index (χ0) is 13.0. The highest BCUT2D eigenvalue weighted by Crippen LogP contribution is 2.20. The Hall–Kier alpha value is -2.03. The van der Waals surface area contributed by atoms with Crippen LogP contribution >= 0.6 is 0 Å². The molecule has 0 amide bonds. The summed E-state index contributed by atoms with van der Waals surface area (Å²) in [4.78, 5) is 4.21. The van der Waals surface area contributed by atoms with Crippen molar-refractivity contribution in [3.05, 3.63) is 53.9 Å². The monoisotopic (exact) mass is 242 g/mol. The fraction of sp³-hybridized carbons (Fsp3) is 0.267. The first-order valence-corrected chi connectivity index (χ1v) is 6.08. The quantitative estimate of drug-likeness (QED) is 0.894. The van der Waals surface area contributed by atoms with E-state index in [4.69, 9.17) is 10.5 Å². The van der Waals surface area contributed by atoms with E-state index in [0.717, 1.165) is 11.4 Å². The van der Waals surface area contributed by atoms with Crippen LogP contribution in [0.4, 0.5) is 5.69 Å². The van der Waals surface area contributed by atoms with Gasteiger partial charge in [-0.1, -0.05) is 26.0 Å². The van der Waals surface area contributed by atoms with Crippen LogP contribution in [0.1, 0.15) is 31.0 Å². The van der Waals surface area contributed by atoms with E-state index in [1.54, 1.807) is 12.3 Å². The molecule has 0 bridgehead atoms. The van der Waals surface area contributed by atoms with Gasteiger partial charge in [-0.25, -0.2) is 0 Å². The highest BCUT2D eigenvalue weighted by Gasteiger charge is 2.02. The van der Waals surface area contributed by atoms with Crippen LogP contribution in [-0.2, 0) is 6.61 Å². The summed E-state index contributed by atoms with van der Waals surface area (Å²) in [5.41, 5.74) is 8.51. The van der Waals surface area contributed by atoms with E-state index in [9.17, 15) is 0 Å². The van der Waals surface area contributed by atoms with Crippen LogP contribution in [0.15, 0.2) is 42.6 Å². The van der Waals surface area contributed by atoms with E-state index in [2.05, 4.69) is 31.0 Å². The normalized spacial score (nSPS) is 10.6. The Morgan fingerprint density at radius 2 is 2.06 bits per heavy atom. The molecule has 0 fully saturated rings. The maximum absolute atomic E-state index is 5.72. The van der Waals surface area contributed by atoms with Gasteiger partial charge >= 0.3 is 0 Å². The highest BCUT2D eigenvalue weighted by molar-refractivity contribution is 5.37. The number of pyridine rings is 1. The van der Waals surface area contributed by atoms with Crippen molar-refractivity contribution >= 4 is 5.69 Å². The van der Waals surface area contributed by atoms with E-state index in [1.165, 1.54) is 5.56 Å². The lowest BCUT2D eigenvalue weighted by molar-refractivity contribution is 0.301. The molecule has 3 nitrogen and oxygen atoms in total. The van der Waals surface area contributed by atoms with Crippen LogP contribution in [0, 0.1) is 0 Å². The summed E-state index contributed by atoms with van der Waals surface area (Å²) in [5, 5.41) is 0. The van der Waals surface area contributed by atoms with E-state index in [0.29, 0.717) is 18.2 Å². The number of nitrogen functional groups attached to an aromatic ring is 1. The molecule has 18 heavy (non-hydrogen) atoms. The van der Waals surface area contributed by atoms with Crippen LogP contribution in [0.25, 0.3) is 0 Å². The van der Waals surface area contributed by atoms with Crippen molar-refractivity contribution in [3.8, 4) is 5.75 Å². The number of nitrogens with zero attached hydrogens (tertiary/aromatic N) is 1. The molecule has 0 radical (unpaired) electrons. The zero-order valence-electron chi connectivity index (χ0n) is 10.8. The molecule has 0 aliphatic carbocycles. The smallest absolute Gasteiger partial charge is 0.130 e. The van der Waals surface area contributed by atoms with E-state index >= 15 is 0 Å². The molecule has 0 aliphatic heterocycles. The Kier molecular flexibility index (Phi) is 3.82. The Morgan fingerprint density at radius 1 is 1.22 bits per heavy atom. The number of hydrogen-bond acceptors (Lipinski definition) is 3. The Labute approximate surface area is 108 Å². The lowest BCUT2D eigenvalue weighted by atomic mass is 10.0. The molecule has 0 atom stereocenters. The van der Waals surface area contributed by atoms with Crippen LogP contribution in [-0.4, -0.2) is 4.98 Å². The minimum Gasteiger partial charge on any atom is -0.487 e. The first-order valence-electron chi connectivity index (χ1n) is 6.08. The summed E-state index contributed by atoms with van der Waals surface area (Å²) < 4.78 is 5.72. The van der Waals surface area contributed by atoms with Gasteiger partial charge in [-0.2, -0.15) is 0 Å². The number of benzene rings is 1. The molecular weight excluding hydrogens is 224 g/mol. The maximum atomic E-state index is 5.72. The van der Waals surface area contributed by atoms with Gasteiger partial charge in [0.15, 0.2) is 0 Å². The van der Waals surface area contributed by atoms with Crippen molar-refractivity contribution in [2.45, 2.75) is 26.4 Å². The molecule has 2 rings (SSSR count). The average Bonchev–Trinajstić information content (AvgIpc) is 2.37. The average molecular weight is 242 g/mol. The third kappa shape index (κ3) is 3.23. The molecule has 2 aromatic rings. The fourth-order valence-electron chi connectivity index (χ4n) is 1.70. The molecule has 2 N–H and O–H groups in total. The first-order chi connectivity index (χ1) is 8.65. The standard InChI is InChI=1S/C15H18N2O/c1-11(2)12-4-3-5-15(8-12)18-10-14-9-13(16)6-7-17-14/h3-9,11H,10H2,1-2H3,(H2,16,17). The predicted molar refractivity (Wildman–Crippen MR) is 73.5 cm³/mol. The van der Waals surface area contributed by atoms with Crippen molar-refractivity contribution in [1.29, 1.82) is 0 Å². The van der Waals surface area contributed by atoms with Gasteiger partial charge in [0, 0.05) is 11.9 Å². The van der Waals surface area contributed by atoms with Gasteiger partial charge in [0.1, 0.15) is 12.4 Å². The van der Waals surface area contributed by atoms with Gasteiger partial charge in [0.05, 0.1) is 5.69 Å². The van der Waals surface area contributed by atoms with Gasteiger partial charge in [-0.15, -0.1) is 0 Å². The summed E-state index contributed by atoms with van der Waals surface area (Å²) in [6.45, 7) is 4.77. The molecular formula is C15H18N2O. The number of aromatic nitrogens is 1. The molecule has 0 aliphatic rings. The topological polar surface area (TPSA) is 48.1 Å². The number of rotatable bonds is 4. The summed E-state index contributed by atoms with van der Waals surface area (Å²) >= 11 is 0. The van der Waals surface area contributed by atoms with Gasteiger partial charge < -0.3 is 10.5 Å². The lowest BCUT2D eigenvalue weighted by Gasteiger charge is -2.09. The van der Waals surface area contributed by atoms with Gasteiger partial charge in [0.2, 0.25) is 0 Å². The zero-order valence-corrected chi connectivity index (χ0v) is 10.8. The number of nitrogens with two attached hydrogens (primary N) is 1. The SMILES string of the molecule is CC(C)c1cccc(OCc2cc(N)ccn2)c1. The molecule has 1 aromatic carbocycles. The predicted octanol–water partition coefficient (Wildman–Crippen LogP) is 3.37. The number of anilines is 1. The van der Waals surface area contributed by atoms with Gasteiger partial charge in [0.25, 0.3) is 0 Å². The molecule has 0 spiro atoms. The van der Waals surface area contributed by atoms with Crippen molar-refractivity contribution in [2.75, 3.05) is 5.73 Å². The fourth-order valence-corrected chi connectivity index (χ4v) is 1.70. The van der Waals surface area contributed by atoms with Crippen molar-refractivity contribution < 1.29 is 4.74 Å². The molecule has 1 aromatic heterocycles. The van der Waals surface area contributed by atoms with Crippen LogP contribution in [0.5, 0.6) is 5.75 Å². The van der Waals surface area contributed by atoms with E-state index in [-0.39, 0.29) is 0 Å². The van der Waals surface area contributed by atoms with Crippen LogP contribution in [0.2, 0.25) is 0 Å². The third-order valence-corrected chi connectivity index (χ3v) is 2.75. The second-order valence-corrected chi connectivity index (χ2v) is 4.60. The minimum absolute atomic E-state index is 0.437. The van der Waals surface area contributed by atoms with Gasteiger partial charge in [-0.3, -0.25) is 4.98 Å². The van der Waals surface area contributed by atoms with E-state index in [1.807, 2.05) is 18.2 Å². The van der Waals surface area contributed by atoms with E-state index < -0.39 is 0 Å². The summed E-state index contributed by atoms with van der Waals surface area (Å²) in [7, 11) is 0. The second-order valence-electron chi connectivity index (χ2n) is 4.60. The molecule has 0 saturated carbocycles.